The van der Waals surface area contributed by atoms with Crippen molar-refractivity contribution in [3.63, 3.8) is 0 Å². The fourth-order valence-corrected chi connectivity index (χ4v) is 4.53. The normalized spacial score (nSPS) is 27.0. The molecule has 116 valence electrons. The van der Waals surface area contributed by atoms with Crippen LogP contribution in [0.2, 0.25) is 0 Å². The Hall–Kier alpha value is -1.12. The van der Waals surface area contributed by atoms with Crippen molar-refractivity contribution in [2.24, 2.45) is 11.8 Å². The highest BCUT2D eigenvalue weighted by Crippen LogP contribution is 2.33. The third kappa shape index (κ3) is 2.67. The van der Waals surface area contributed by atoms with Crippen LogP contribution in [0.15, 0.2) is 29.2 Å². The molecule has 21 heavy (non-hydrogen) atoms. The summed E-state index contributed by atoms with van der Waals surface area (Å²) >= 11 is 0. The molecule has 0 saturated carbocycles. The maximum Gasteiger partial charge on any atom is 0.416 e. The summed E-state index contributed by atoms with van der Waals surface area (Å²) in [5.74, 6) is 0.600. The Balaban J connectivity index is 1.82. The van der Waals surface area contributed by atoms with Gasteiger partial charge in [0.15, 0.2) is 0 Å². The molecule has 2 aliphatic rings. The maximum absolute atomic E-state index is 12.5. The van der Waals surface area contributed by atoms with E-state index in [9.17, 15) is 21.6 Å². The Kier molecular flexibility index (Phi) is 3.50. The number of sulfonamides is 1. The maximum atomic E-state index is 12.5. The van der Waals surface area contributed by atoms with E-state index in [-0.39, 0.29) is 4.90 Å². The number of fused-ring (bicyclic) bond motifs is 1. The van der Waals surface area contributed by atoms with Crippen molar-refractivity contribution in [3.8, 4) is 0 Å². The van der Waals surface area contributed by atoms with Gasteiger partial charge in [-0.3, -0.25) is 0 Å². The number of alkyl halides is 3. The Morgan fingerprint density at radius 1 is 1.05 bits per heavy atom. The third-order valence-electron chi connectivity index (χ3n) is 4.18. The Morgan fingerprint density at radius 3 is 2.05 bits per heavy atom. The lowest BCUT2D eigenvalue weighted by atomic mass is 10.0. The summed E-state index contributed by atoms with van der Waals surface area (Å²) in [7, 11) is -3.70. The van der Waals surface area contributed by atoms with Crippen LogP contribution in [-0.4, -0.2) is 38.9 Å². The molecule has 2 atom stereocenters. The van der Waals surface area contributed by atoms with Crippen LogP contribution >= 0.6 is 0 Å². The first kappa shape index (κ1) is 14.8. The predicted octanol–water partition coefficient (Wildman–Crippen LogP) is 1.55. The molecule has 1 aromatic rings. The highest BCUT2D eigenvalue weighted by atomic mass is 32.2. The van der Waals surface area contributed by atoms with Crippen LogP contribution in [0, 0.1) is 11.8 Å². The highest BCUT2D eigenvalue weighted by molar-refractivity contribution is 7.89. The second kappa shape index (κ2) is 4.96. The lowest BCUT2D eigenvalue weighted by molar-refractivity contribution is -0.137. The minimum absolute atomic E-state index is 0.0802. The number of nitrogens with one attached hydrogen (secondary N) is 1. The molecule has 0 aromatic heterocycles. The predicted molar refractivity (Wildman–Crippen MR) is 70.1 cm³/mol. The molecule has 0 aliphatic carbocycles. The molecule has 2 fully saturated rings. The molecular weight excluding hydrogens is 305 g/mol. The number of rotatable bonds is 2. The summed E-state index contributed by atoms with van der Waals surface area (Å²) in [4.78, 5) is -0.0802. The van der Waals surface area contributed by atoms with Crippen LogP contribution < -0.4 is 5.32 Å². The second-order valence-corrected chi connectivity index (χ2v) is 7.46. The van der Waals surface area contributed by atoms with Crippen molar-refractivity contribution < 1.29 is 21.6 Å². The molecule has 1 N–H and O–H groups in total. The summed E-state index contributed by atoms with van der Waals surface area (Å²) in [5.41, 5.74) is -0.844. The first-order valence-corrected chi connectivity index (χ1v) is 8.10. The SMILES string of the molecule is O=S(=O)(c1ccc(C(F)(F)F)cc1)N1C[C@H]2CNC[C@H]2C1. The second-order valence-electron chi connectivity index (χ2n) is 5.52. The zero-order chi connectivity index (χ0) is 15.3. The number of benzene rings is 1. The van der Waals surface area contributed by atoms with Gasteiger partial charge in [-0.2, -0.15) is 17.5 Å². The van der Waals surface area contributed by atoms with Gasteiger partial charge in [0, 0.05) is 13.1 Å². The largest absolute Gasteiger partial charge is 0.416 e. The van der Waals surface area contributed by atoms with Crippen molar-refractivity contribution in [1.29, 1.82) is 0 Å². The standard InChI is InChI=1S/C13H15F3N2O2S/c14-13(15,16)11-1-3-12(4-2-11)21(19,20)18-7-9-5-17-6-10(9)8-18/h1-4,9-10,17H,5-8H2/t9-,10+. The van der Waals surface area contributed by atoms with E-state index in [0.29, 0.717) is 24.9 Å². The van der Waals surface area contributed by atoms with Gasteiger partial charge in [0.25, 0.3) is 0 Å². The van der Waals surface area contributed by atoms with Crippen LogP contribution in [0.4, 0.5) is 13.2 Å². The molecule has 4 nitrogen and oxygen atoms in total. The molecular formula is C13H15F3N2O2S. The van der Waals surface area contributed by atoms with E-state index in [1.165, 1.54) is 4.31 Å². The van der Waals surface area contributed by atoms with E-state index in [1.807, 2.05) is 0 Å². The third-order valence-corrected chi connectivity index (χ3v) is 6.02. The molecule has 3 rings (SSSR count). The molecule has 2 heterocycles. The molecule has 0 unspecified atom stereocenters. The van der Waals surface area contributed by atoms with E-state index in [4.69, 9.17) is 0 Å². The van der Waals surface area contributed by atoms with Gasteiger partial charge in [0.1, 0.15) is 0 Å². The fraction of sp³-hybridized carbons (Fsp3) is 0.538. The van der Waals surface area contributed by atoms with Crippen molar-refractivity contribution in [1.82, 2.24) is 9.62 Å². The van der Waals surface area contributed by atoms with Crippen LogP contribution in [0.1, 0.15) is 5.56 Å². The minimum atomic E-state index is -4.46. The van der Waals surface area contributed by atoms with E-state index in [2.05, 4.69) is 5.32 Å². The van der Waals surface area contributed by atoms with Gasteiger partial charge in [-0.1, -0.05) is 0 Å². The van der Waals surface area contributed by atoms with Crippen molar-refractivity contribution in [2.75, 3.05) is 26.2 Å². The van der Waals surface area contributed by atoms with Crippen LogP contribution in [0.3, 0.4) is 0 Å². The quantitative estimate of drug-likeness (QED) is 0.899. The molecule has 0 spiro atoms. The molecule has 0 bridgehead atoms. The number of halogens is 3. The van der Waals surface area contributed by atoms with Gasteiger partial charge in [0.2, 0.25) is 10.0 Å². The van der Waals surface area contributed by atoms with Crippen molar-refractivity contribution in [3.05, 3.63) is 29.8 Å². The summed E-state index contributed by atoms with van der Waals surface area (Å²) in [6, 6.07) is 3.69. The lowest BCUT2D eigenvalue weighted by Crippen LogP contribution is -2.32. The minimum Gasteiger partial charge on any atom is -0.316 e. The Labute approximate surface area is 121 Å². The zero-order valence-electron chi connectivity index (χ0n) is 11.1. The molecule has 8 heteroatoms. The highest BCUT2D eigenvalue weighted by Gasteiger charge is 2.41. The molecule has 2 aliphatic heterocycles. The van der Waals surface area contributed by atoms with Gasteiger partial charge in [0.05, 0.1) is 10.5 Å². The summed E-state index contributed by atoms with van der Waals surface area (Å²) in [6.45, 7) is 2.45. The van der Waals surface area contributed by atoms with Gasteiger partial charge >= 0.3 is 6.18 Å². The smallest absolute Gasteiger partial charge is 0.316 e. The zero-order valence-corrected chi connectivity index (χ0v) is 11.9. The van der Waals surface area contributed by atoms with E-state index < -0.39 is 21.8 Å². The number of nitrogens with zero attached hydrogens (tertiary/aromatic N) is 1. The summed E-state index contributed by atoms with van der Waals surface area (Å²) < 4.78 is 63.8. The van der Waals surface area contributed by atoms with Crippen LogP contribution in [-0.2, 0) is 16.2 Å². The molecule has 0 radical (unpaired) electrons. The molecule has 0 amide bonds. The molecule has 1 aromatic carbocycles. The summed E-state index contributed by atoms with van der Waals surface area (Å²) in [5, 5.41) is 3.21. The van der Waals surface area contributed by atoms with E-state index in [1.54, 1.807) is 0 Å². The monoisotopic (exact) mass is 320 g/mol. The van der Waals surface area contributed by atoms with Crippen molar-refractivity contribution in [2.45, 2.75) is 11.1 Å². The first-order chi connectivity index (χ1) is 9.78. The number of hydrogen-bond donors (Lipinski definition) is 1. The Morgan fingerprint density at radius 2 is 1.57 bits per heavy atom. The summed E-state index contributed by atoms with van der Waals surface area (Å²) in [6.07, 6.45) is -4.46. The molecule has 2 saturated heterocycles. The van der Waals surface area contributed by atoms with Gasteiger partial charge in [-0.05, 0) is 49.2 Å². The topological polar surface area (TPSA) is 49.4 Å². The fourth-order valence-electron chi connectivity index (χ4n) is 2.97. The van der Waals surface area contributed by atoms with Crippen LogP contribution in [0.5, 0.6) is 0 Å². The van der Waals surface area contributed by atoms with Gasteiger partial charge in [-0.25, -0.2) is 8.42 Å². The lowest BCUT2D eigenvalue weighted by Gasteiger charge is -2.18. The average molecular weight is 320 g/mol. The van der Waals surface area contributed by atoms with Crippen LogP contribution in [0.25, 0.3) is 0 Å². The van der Waals surface area contributed by atoms with E-state index >= 15 is 0 Å². The Bertz CT molecular complexity index is 616. The first-order valence-electron chi connectivity index (χ1n) is 6.66. The van der Waals surface area contributed by atoms with E-state index in [0.717, 1.165) is 37.4 Å². The van der Waals surface area contributed by atoms with Gasteiger partial charge < -0.3 is 5.32 Å². The van der Waals surface area contributed by atoms with Gasteiger partial charge in [-0.15, -0.1) is 0 Å². The number of hydrogen-bond acceptors (Lipinski definition) is 3. The average Bonchev–Trinajstić information content (AvgIpc) is 2.98. The van der Waals surface area contributed by atoms with Crippen molar-refractivity contribution >= 4 is 10.0 Å².